The molecule has 0 atom stereocenters. The van der Waals surface area contributed by atoms with Crippen molar-refractivity contribution in [3.63, 3.8) is 0 Å². The highest BCUT2D eigenvalue weighted by Crippen LogP contribution is 2.20. The van der Waals surface area contributed by atoms with E-state index in [1.807, 2.05) is 31.2 Å². The number of ether oxygens (including phenoxy) is 1. The van der Waals surface area contributed by atoms with Gasteiger partial charge in [0.15, 0.2) is 0 Å². The average Bonchev–Trinajstić information content (AvgIpc) is 3.12. The maximum atomic E-state index is 12.3. The molecule has 1 aromatic carbocycles. The molecule has 2 heterocycles. The largest absolute Gasteiger partial charge is 0.496 e. The third-order valence-corrected chi connectivity index (χ3v) is 5.19. The Balaban J connectivity index is 1.67. The van der Waals surface area contributed by atoms with Crippen molar-refractivity contribution in [1.29, 1.82) is 0 Å². The highest BCUT2D eigenvalue weighted by atomic mass is 32.1. The molecule has 28 heavy (non-hydrogen) atoms. The quantitative estimate of drug-likeness (QED) is 0.620. The van der Waals surface area contributed by atoms with Gasteiger partial charge >= 0.3 is 0 Å². The van der Waals surface area contributed by atoms with Crippen molar-refractivity contribution in [1.82, 2.24) is 19.9 Å². The van der Waals surface area contributed by atoms with E-state index in [0.717, 1.165) is 29.8 Å². The third-order valence-electron chi connectivity index (χ3n) is 4.17. The zero-order chi connectivity index (χ0) is 20.1. The molecule has 1 amide bonds. The molecule has 0 spiro atoms. The molecule has 148 valence electrons. The zero-order valence-electron chi connectivity index (χ0n) is 16.1. The van der Waals surface area contributed by atoms with Crippen LogP contribution in [0, 0.1) is 0 Å². The lowest BCUT2D eigenvalue weighted by atomic mass is 10.2. The number of fused-ring (bicyclic) bond motifs is 1. The van der Waals surface area contributed by atoms with Gasteiger partial charge in [-0.3, -0.25) is 9.59 Å². The van der Waals surface area contributed by atoms with Gasteiger partial charge in [0.1, 0.15) is 5.75 Å². The van der Waals surface area contributed by atoms with E-state index >= 15 is 0 Å². The minimum absolute atomic E-state index is 0.117. The second-order valence-corrected chi connectivity index (χ2v) is 7.29. The smallest absolute Gasteiger partial charge is 0.275 e. The van der Waals surface area contributed by atoms with Crippen molar-refractivity contribution < 1.29 is 9.53 Å². The SMILES string of the molecule is CCCc1cc(=O)n2nc(N(C)CC(=O)NCc3ccccc3OC)sc2n1. The zero-order valence-corrected chi connectivity index (χ0v) is 17.0. The molecule has 0 aliphatic heterocycles. The van der Waals surface area contributed by atoms with Crippen LogP contribution in [0.5, 0.6) is 5.75 Å². The summed E-state index contributed by atoms with van der Waals surface area (Å²) in [6.07, 6.45) is 1.67. The van der Waals surface area contributed by atoms with Gasteiger partial charge in [0.25, 0.3) is 5.56 Å². The summed E-state index contributed by atoms with van der Waals surface area (Å²) in [6, 6.07) is 9.05. The van der Waals surface area contributed by atoms with Crippen molar-refractivity contribution in [3.8, 4) is 5.75 Å². The van der Waals surface area contributed by atoms with E-state index in [9.17, 15) is 9.59 Å². The van der Waals surface area contributed by atoms with Crippen molar-refractivity contribution in [2.24, 2.45) is 0 Å². The summed E-state index contributed by atoms with van der Waals surface area (Å²) in [4.78, 5) is 31.2. The number of nitrogens with zero attached hydrogens (tertiary/aromatic N) is 4. The molecular formula is C19H23N5O3S. The highest BCUT2D eigenvalue weighted by molar-refractivity contribution is 7.20. The van der Waals surface area contributed by atoms with E-state index in [-0.39, 0.29) is 18.0 Å². The second-order valence-electron chi connectivity index (χ2n) is 6.36. The lowest BCUT2D eigenvalue weighted by Crippen LogP contribution is -2.35. The first kappa shape index (κ1) is 19.8. The summed E-state index contributed by atoms with van der Waals surface area (Å²) in [5, 5.41) is 7.74. The van der Waals surface area contributed by atoms with Crippen LogP contribution in [-0.2, 0) is 17.8 Å². The number of aromatic nitrogens is 3. The van der Waals surface area contributed by atoms with Crippen molar-refractivity contribution in [3.05, 3.63) is 51.9 Å². The van der Waals surface area contributed by atoms with Crippen LogP contribution >= 0.6 is 11.3 Å². The van der Waals surface area contributed by atoms with E-state index in [4.69, 9.17) is 4.74 Å². The molecule has 0 radical (unpaired) electrons. The van der Waals surface area contributed by atoms with Gasteiger partial charge in [-0.25, -0.2) is 4.98 Å². The fraction of sp³-hybridized carbons (Fsp3) is 0.368. The molecule has 0 aliphatic carbocycles. The number of benzene rings is 1. The number of anilines is 1. The number of carbonyl (C=O) groups is 1. The molecule has 3 aromatic rings. The molecule has 2 aromatic heterocycles. The van der Waals surface area contributed by atoms with Gasteiger partial charge in [-0.2, -0.15) is 4.52 Å². The number of nitrogens with one attached hydrogen (secondary N) is 1. The van der Waals surface area contributed by atoms with Crippen LogP contribution < -0.4 is 20.5 Å². The number of hydrogen-bond acceptors (Lipinski definition) is 7. The molecule has 9 heteroatoms. The van der Waals surface area contributed by atoms with Crippen molar-refractivity contribution >= 4 is 27.3 Å². The Morgan fingerprint density at radius 1 is 1.36 bits per heavy atom. The normalized spacial score (nSPS) is 10.8. The van der Waals surface area contributed by atoms with Crippen LogP contribution in [0.15, 0.2) is 35.1 Å². The van der Waals surface area contributed by atoms with Gasteiger partial charge in [0, 0.05) is 30.9 Å². The summed E-state index contributed by atoms with van der Waals surface area (Å²) in [5.41, 5.74) is 1.46. The Morgan fingerprint density at radius 2 is 2.14 bits per heavy atom. The standard InChI is InChI=1S/C19H23N5O3S/c1-4-7-14-10-17(26)24-18(21-14)28-19(22-24)23(2)12-16(25)20-11-13-8-5-6-9-15(13)27-3/h5-6,8-10H,4,7,11-12H2,1-3H3,(H,20,25). The second kappa shape index (κ2) is 8.83. The molecular weight excluding hydrogens is 378 g/mol. The van der Waals surface area contributed by atoms with Crippen molar-refractivity contribution in [2.45, 2.75) is 26.3 Å². The number of carbonyl (C=O) groups excluding carboxylic acids is 1. The summed E-state index contributed by atoms with van der Waals surface area (Å²) in [7, 11) is 3.36. The lowest BCUT2D eigenvalue weighted by molar-refractivity contribution is -0.119. The van der Waals surface area contributed by atoms with E-state index < -0.39 is 0 Å². The van der Waals surface area contributed by atoms with E-state index in [1.54, 1.807) is 19.1 Å². The summed E-state index contributed by atoms with van der Waals surface area (Å²) < 4.78 is 6.57. The first-order chi connectivity index (χ1) is 13.5. The molecule has 0 saturated heterocycles. The number of rotatable bonds is 8. The summed E-state index contributed by atoms with van der Waals surface area (Å²) >= 11 is 1.29. The molecule has 1 N–H and O–H groups in total. The molecule has 0 bridgehead atoms. The summed E-state index contributed by atoms with van der Waals surface area (Å²) in [5.74, 6) is 0.579. The monoisotopic (exact) mass is 401 g/mol. The van der Waals surface area contributed by atoms with Gasteiger partial charge in [0.2, 0.25) is 16.0 Å². The topological polar surface area (TPSA) is 88.8 Å². The van der Waals surface area contributed by atoms with Crippen LogP contribution in [0.2, 0.25) is 0 Å². The van der Waals surface area contributed by atoms with Gasteiger partial charge in [0.05, 0.1) is 13.7 Å². The van der Waals surface area contributed by atoms with Gasteiger partial charge in [-0.15, -0.1) is 5.10 Å². The molecule has 0 fully saturated rings. The predicted octanol–water partition coefficient (Wildman–Crippen LogP) is 1.86. The van der Waals surface area contributed by atoms with Crippen LogP contribution in [0.3, 0.4) is 0 Å². The maximum Gasteiger partial charge on any atom is 0.275 e. The maximum absolute atomic E-state index is 12.3. The lowest BCUT2D eigenvalue weighted by Gasteiger charge is -2.15. The number of hydrogen-bond donors (Lipinski definition) is 1. The van der Waals surface area contributed by atoms with E-state index in [1.165, 1.54) is 21.9 Å². The van der Waals surface area contributed by atoms with Crippen LogP contribution in [0.1, 0.15) is 24.6 Å². The Labute approximate surface area is 166 Å². The molecule has 0 unspecified atom stereocenters. The van der Waals surface area contributed by atoms with Crippen LogP contribution in [-0.4, -0.2) is 41.2 Å². The Morgan fingerprint density at radius 3 is 2.89 bits per heavy atom. The predicted molar refractivity (Wildman–Crippen MR) is 109 cm³/mol. The van der Waals surface area contributed by atoms with Crippen LogP contribution in [0.25, 0.3) is 4.96 Å². The average molecular weight is 401 g/mol. The van der Waals surface area contributed by atoms with Gasteiger partial charge in [-0.05, 0) is 12.5 Å². The van der Waals surface area contributed by atoms with Gasteiger partial charge < -0.3 is 15.0 Å². The first-order valence-electron chi connectivity index (χ1n) is 9.01. The number of methoxy groups -OCH3 is 1. The third kappa shape index (κ3) is 4.48. The van der Waals surface area contributed by atoms with Crippen LogP contribution in [0.4, 0.5) is 5.13 Å². The number of likely N-dealkylation sites (N-methyl/N-ethyl adjacent to an activating group) is 1. The fourth-order valence-electron chi connectivity index (χ4n) is 2.77. The fourth-order valence-corrected chi connectivity index (χ4v) is 3.65. The Kier molecular flexibility index (Phi) is 6.25. The number of amides is 1. The molecule has 0 saturated carbocycles. The summed E-state index contributed by atoms with van der Waals surface area (Å²) in [6.45, 7) is 2.53. The number of para-hydroxylation sites is 1. The van der Waals surface area contributed by atoms with E-state index in [2.05, 4.69) is 15.4 Å². The molecule has 8 nitrogen and oxygen atoms in total. The molecule has 0 aliphatic rings. The highest BCUT2D eigenvalue weighted by Gasteiger charge is 2.15. The van der Waals surface area contributed by atoms with Gasteiger partial charge in [-0.1, -0.05) is 42.9 Å². The number of aryl methyl sites for hydroxylation is 1. The Hall–Kier alpha value is -2.94. The van der Waals surface area contributed by atoms with E-state index in [0.29, 0.717) is 16.6 Å². The Bertz CT molecular complexity index is 1030. The molecule has 3 rings (SSSR count). The van der Waals surface area contributed by atoms with Crippen molar-refractivity contribution in [2.75, 3.05) is 25.6 Å². The first-order valence-corrected chi connectivity index (χ1v) is 9.83. The minimum Gasteiger partial charge on any atom is -0.496 e. The minimum atomic E-state index is -0.204.